The lowest BCUT2D eigenvalue weighted by Gasteiger charge is -2.26. The SMILES string of the molecule is CCN1C(=O)[C@H]2CNCCN2C1=O. The Morgan fingerprint density at radius 3 is 2.92 bits per heavy atom. The van der Waals surface area contributed by atoms with Crippen LogP contribution in [0.1, 0.15) is 6.92 Å². The summed E-state index contributed by atoms with van der Waals surface area (Å²) in [6, 6.07) is -0.375. The Morgan fingerprint density at radius 1 is 1.54 bits per heavy atom. The van der Waals surface area contributed by atoms with Crippen LogP contribution in [0.15, 0.2) is 0 Å². The number of hydrogen-bond donors (Lipinski definition) is 1. The number of rotatable bonds is 1. The van der Waals surface area contributed by atoms with Crippen molar-refractivity contribution in [3.8, 4) is 0 Å². The van der Waals surface area contributed by atoms with Crippen molar-refractivity contribution < 1.29 is 9.59 Å². The van der Waals surface area contributed by atoms with Gasteiger partial charge in [0.2, 0.25) is 0 Å². The molecule has 2 heterocycles. The van der Waals surface area contributed by atoms with Gasteiger partial charge in [-0.1, -0.05) is 0 Å². The van der Waals surface area contributed by atoms with E-state index >= 15 is 0 Å². The third-order valence-electron chi connectivity index (χ3n) is 2.59. The van der Waals surface area contributed by atoms with Crippen LogP contribution in [-0.4, -0.2) is 54.0 Å². The minimum absolute atomic E-state index is 0.0558. The Hall–Kier alpha value is -1.10. The van der Waals surface area contributed by atoms with Crippen molar-refractivity contribution in [2.45, 2.75) is 13.0 Å². The second-order valence-corrected chi connectivity index (χ2v) is 3.28. The molecule has 72 valence electrons. The van der Waals surface area contributed by atoms with Gasteiger partial charge in [-0.3, -0.25) is 9.69 Å². The van der Waals surface area contributed by atoms with Gasteiger partial charge in [-0.05, 0) is 6.92 Å². The molecule has 0 aromatic rings. The fourth-order valence-corrected chi connectivity index (χ4v) is 1.87. The first-order valence-corrected chi connectivity index (χ1v) is 4.58. The quantitative estimate of drug-likeness (QED) is 0.544. The summed E-state index contributed by atoms with van der Waals surface area (Å²) in [5, 5.41) is 3.11. The van der Waals surface area contributed by atoms with E-state index in [0.717, 1.165) is 6.54 Å². The molecule has 1 atom stereocenters. The first-order valence-electron chi connectivity index (χ1n) is 4.58. The molecule has 0 aliphatic carbocycles. The molecule has 5 heteroatoms. The zero-order valence-corrected chi connectivity index (χ0v) is 7.62. The summed E-state index contributed by atoms with van der Waals surface area (Å²) in [4.78, 5) is 26.2. The van der Waals surface area contributed by atoms with Gasteiger partial charge in [0.25, 0.3) is 5.91 Å². The van der Waals surface area contributed by atoms with Gasteiger partial charge in [0.15, 0.2) is 0 Å². The number of likely N-dealkylation sites (N-methyl/N-ethyl adjacent to an activating group) is 1. The molecular formula is C8H13N3O2. The van der Waals surface area contributed by atoms with E-state index in [4.69, 9.17) is 0 Å². The maximum atomic E-state index is 11.6. The average Bonchev–Trinajstić information content (AvgIpc) is 2.41. The number of fused-ring (bicyclic) bond motifs is 1. The molecule has 0 aromatic carbocycles. The van der Waals surface area contributed by atoms with Crippen LogP contribution < -0.4 is 5.32 Å². The number of piperazine rings is 1. The first-order chi connectivity index (χ1) is 6.25. The number of carbonyl (C=O) groups is 2. The lowest BCUT2D eigenvalue weighted by atomic mass is 10.2. The molecule has 0 radical (unpaired) electrons. The van der Waals surface area contributed by atoms with Gasteiger partial charge in [0.05, 0.1) is 0 Å². The van der Waals surface area contributed by atoms with Crippen LogP contribution in [0.2, 0.25) is 0 Å². The fraction of sp³-hybridized carbons (Fsp3) is 0.750. The summed E-state index contributed by atoms with van der Waals surface area (Å²) in [6.45, 7) is 4.33. The Balaban J connectivity index is 2.22. The third-order valence-corrected chi connectivity index (χ3v) is 2.59. The lowest BCUT2D eigenvalue weighted by molar-refractivity contribution is -0.128. The highest BCUT2D eigenvalue weighted by molar-refractivity contribution is 6.04. The lowest BCUT2D eigenvalue weighted by Crippen LogP contribution is -2.51. The van der Waals surface area contributed by atoms with Crippen LogP contribution in [0.3, 0.4) is 0 Å². The summed E-state index contributed by atoms with van der Waals surface area (Å²) in [6.07, 6.45) is 0. The summed E-state index contributed by atoms with van der Waals surface area (Å²) in [5.41, 5.74) is 0. The van der Waals surface area contributed by atoms with Crippen LogP contribution in [0.25, 0.3) is 0 Å². The van der Waals surface area contributed by atoms with E-state index in [9.17, 15) is 9.59 Å². The smallest absolute Gasteiger partial charge is 0.312 e. The van der Waals surface area contributed by atoms with Crippen molar-refractivity contribution >= 4 is 11.9 Å². The molecule has 1 N–H and O–H groups in total. The molecule has 0 spiro atoms. The molecule has 2 aliphatic heterocycles. The van der Waals surface area contributed by atoms with Crippen LogP contribution in [0, 0.1) is 0 Å². The Labute approximate surface area is 76.7 Å². The van der Waals surface area contributed by atoms with Gasteiger partial charge < -0.3 is 10.2 Å². The van der Waals surface area contributed by atoms with E-state index < -0.39 is 0 Å². The number of imide groups is 1. The minimum Gasteiger partial charge on any atom is -0.312 e. The molecule has 3 amide bonds. The Kier molecular flexibility index (Phi) is 1.95. The monoisotopic (exact) mass is 183 g/mol. The van der Waals surface area contributed by atoms with Crippen molar-refractivity contribution in [2.75, 3.05) is 26.2 Å². The van der Waals surface area contributed by atoms with E-state index in [2.05, 4.69) is 5.32 Å². The molecule has 0 saturated carbocycles. The highest BCUT2D eigenvalue weighted by Crippen LogP contribution is 2.18. The highest BCUT2D eigenvalue weighted by atomic mass is 16.2. The highest BCUT2D eigenvalue weighted by Gasteiger charge is 2.44. The molecule has 2 rings (SSSR count). The maximum absolute atomic E-state index is 11.6. The van der Waals surface area contributed by atoms with Gasteiger partial charge in [0, 0.05) is 26.2 Å². The maximum Gasteiger partial charge on any atom is 0.327 e. The van der Waals surface area contributed by atoms with E-state index in [0.29, 0.717) is 19.6 Å². The van der Waals surface area contributed by atoms with Crippen LogP contribution in [-0.2, 0) is 4.79 Å². The number of nitrogens with zero attached hydrogens (tertiary/aromatic N) is 2. The minimum atomic E-state index is -0.249. The second kappa shape index (κ2) is 2.99. The number of nitrogens with one attached hydrogen (secondary N) is 1. The van der Waals surface area contributed by atoms with Crippen molar-refractivity contribution in [3.63, 3.8) is 0 Å². The van der Waals surface area contributed by atoms with E-state index in [1.54, 1.807) is 4.90 Å². The van der Waals surface area contributed by atoms with E-state index in [1.807, 2.05) is 6.92 Å². The summed E-state index contributed by atoms with van der Waals surface area (Å²) in [5.74, 6) is -0.0558. The van der Waals surface area contributed by atoms with Gasteiger partial charge in [0.1, 0.15) is 6.04 Å². The van der Waals surface area contributed by atoms with Crippen LogP contribution in [0.5, 0.6) is 0 Å². The number of urea groups is 1. The summed E-state index contributed by atoms with van der Waals surface area (Å²) < 4.78 is 0. The molecule has 2 aliphatic rings. The largest absolute Gasteiger partial charge is 0.327 e. The Morgan fingerprint density at radius 2 is 2.31 bits per heavy atom. The predicted molar refractivity (Wildman–Crippen MR) is 46.1 cm³/mol. The fourth-order valence-electron chi connectivity index (χ4n) is 1.87. The van der Waals surface area contributed by atoms with Crippen LogP contribution in [0.4, 0.5) is 4.79 Å². The number of amides is 3. The molecular weight excluding hydrogens is 170 g/mol. The van der Waals surface area contributed by atoms with Crippen molar-refractivity contribution in [3.05, 3.63) is 0 Å². The first kappa shape index (κ1) is 8.50. The molecule has 0 bridgehead atoms. The molecule has 0 unspecified atom stereocenters. The normalized spacial score (nSPS) is 28.2. The van der Waals surface area contributed by atoms with Gasteiger partial charge >= 0.3 is 6.03 Å². The topological polar surface area (TPSA) is 52.7 Å². The molecule has 13 heavy (non-hydrogen) atoms. The third kappa shape index (κ3) is 1.11. The van der Waals surface area contributed by atoms with Crippen molar-refractivity contribution in [1.82, 2.24) is 15.1 Å². The van der Waals surface area contributed by atoms with Crippen molar-refractivity contribution in [1.29, 1.82) is 0 Å². The van der Waals surface area contributed by atoms with Gasteiger partial charge in [-0.15, -0.1) is 0 Å². The van der Waals surface area contributed by atoms with Crippen LogP contribution >= 0.6 is 0 Å². The Bertz CT molecular complexity index is 230. The number of carbonyl (C=O) groups excluding carboxylic acids is 2. The summed E-state index contributed by atoms with van der Waals surface area (Å²) in [7, 11) is 0. The number of hydrogen-bond acceptors (Lipinski definition) is 3. The molecule has 2 fully saturated rings. The average molecular weight is 183 g/mol. The predicted octanol–water partition coefficient (Wildman–Crippen LogP) is -0.758. The molecule has 2 saturated heterocycles. The van der Waals surface area contributed by atoms with Gasteiger partial charge in [-0.25, -0.2) is 4.79 Å². The summed E-state index contributed by atoms with van der Waals surface area (Å²) >= 11 is 0. The molecule has 5 nitrogen and oxygen atoms in total. The van der Waals surface area contributed by atoms with E-state index in [1.165, 1.54) is 4.90 Å². The van der Waals surface area contributed by atoms with E-state index in [-0.39, 0.29) is 18.0 Å². The van der Waals surface area contributed by atoms with Gasteiger partial charge in [-0.2, -0.15) is 0 Å². The molecule has 0 aromatic heterocycles. The standard InChI is InChI=1S/C8H13N3O2/c1-2-10-7(12)6-5-9-3-4-11(6)8(10)13/h6,9H,2-5H2,1H3/t6-/m1/s1. The van der Waals surface area contributed by atoms with Crippen molar-refractivity contribution in [2.24, 2.45) is 0 Å². The zero-order chi connectivity index (χ0) is 9.42. The zero-order valence-electron chi connectivity index (χ0n) is 7.62. The second-order valence-electron chi connectivity index (χ2n) is 3.28.